The van der Waals surface area contributed by atoms with Crippen LogP contribution in [0.2, 0.25) is 0 Å². The molecule has 1 aliphatic rings. The highest BCUT2D eigenvalue weighted by Gasteiger charge is 2.25. The zero-order chi connectivity index (χ0) is 11.3. The van der Waals surface area contributed by atoms with Crippen molar-refractivity contribution < 1.29 is 14.3 Å². The molecular weight excluding hydrogens is 196 g/mol. The molecule has 0 aromatic carbocycles. The van der Waals surface area contributed by atoms with Gasteiger partial charge in [0.2, 0.25) is 5.91 Å². The van der Waals surface area contributed by atoms with Crippen molar-refractivity contribution in [2.75, 3.05) is 13.1 Å². The van der Waals surface area contributed by atoms with Crippen LogP contribution in [0.5, 0.6) is 0 Å². The Morgan fingerprint density at radius 3 is 2.93 bits per heavy atom. The van der Waals surface area contributed by atoms with Crippen LogP contribution in [-0.2, 0) is 14.3 Å². The summed E-state index contributed by atoms with van der Waals surface area (Å²) in [5, 5.41) is 5.67. The Bertz CT molecular complexity index is 243. The molecule has 2 unspecified atom stereocenters. The van der Waals surface area contributed by atoms with Gasteiger partial charge in [0, 0.05) is 13.1 Å². The summed E-state index contributed by atoms with van der Waals surface area (Å²) in [4.78, 5) is 22.7. The Morgan fingerprint density at radius 1 is 1.60 bits per heavy atom. The number of amides is 1. The molecule has 15 heavy (non-hydrogen) atoms. The van der Waals surface area contributed by atoms with Crippen LogP contribution in [0.4, 0.5) is 0 Å². The minimum Gasteiger partial charge on any atom is -0.463 e. The van der Waals surface area contributed by atoms with E-state index in [1.165, 1.54) is 0 Å². The molecule has 1 fully saturated rings. The minimum absolute atomic E-state index is 0.0795. The summed E-state index contributed by atoms with van der Waals surface area (Å²) in [5.74, 6) is -0.443. The Morgan fingerprint density at radius 2 is 2.33 bits per heavy atom. The monoisotopic (exact) mass is 214 g/mol. The highest BCUT2D eigenvalue weighted by atomic mass is 16.5. The van der Waals surface area contributed by atoms with Gasteiger partial charge in [0.25, 0.3) is 0 Å². The predicted octanol–water partition coefficient (Wildman–Crippen LogP) is -0.194. The molecule has 5 nitrogen and oxygen atoms in total. The number of hydrogen-bond acceptors (Lipinski definition) is 4. The normalized spacial score (nSPS) is 23.1. The number of carbonyl (C=O) groups excluding carboxylic acids is 2. The smallest absolute Gasteiger partial charge is 0.308 e. The Balaban J connectivity index is 2.33. The van der Waals surface area contributed by atoms with Crippen molar-refractivity contribution in [2.45, 2.75) is 38.8 Å². The molecular formula is C10H18N2O3. The molecule has 0 aromatic rings. The third kappa shape index (κ3) is 3.87. The number of hydrogen-bond donors (Lipinski definition) is 2. The lowest BCUT2D eigenvalue weighted by Crippen LogP contribution is -2.53. The lowest BCUT2D eigenvalue weighted by atomic mass is 10.1. The summed E-state index contributed by atoms with van der Waals surface area (Å²) in [7, 11) is 0. The van der Waals surface area contributed by atoms with Crippen LogP contribution in [0, 0.1) is 0 Å². The summed E-state index contributed by atoms with van der Waals surface area (Å²) in [6.45, 7) is 5.11. The van der Waals surface area contributed by atoms with Crippen LogP contribution >= 0.6 is 0 Å². The van der Waals surface area contributed by atoms with Gasteiger partial charge in [-0.2, -0.15) is 0 Å². The van der Waals surface area contributed by atoms with E-state index in [1.807, 2.05) is 13.8 Å². The SMILES string of the molecule is CCC(C)OC(=O)CC1NCCNC1=O. The second-order valence-electron chi connectivity index (χ2n) is 3.71. The van der Waals surface area contributed by atoms with Gasteiger partial charge in [0.1, 0.15) is 0 Å². The van der Waals surface area contributed by atoms with Gasteiger partial charge in [0.05, 0.1) is 18.6 Å². The average Bonchev–Trinajstić information content (AvgIpc) is 2.21. The van der Waals surface area contributed by atoms with E-state index < -0.39 is 6.04 Å². The van der Waals surface area contributed by atoms with E-state index in [9.17, 15) is 9.59 Å². The number of carbonyl (C=O) groups is 2. The fourth-order valence-corrected chi connectivity index (χ4v) is 1.34. The standard InChI is InChI=1S/C10H18N2O3/c1-3-7(2)15-9(13)6-8-10(14)12-5-4-11-8/h7-8,11H,3-6H2,1-2H3,(H,12,14). The van der Waals surface area contributed by atoms with Crippen LogP contribution in [0.3, 0.4) is 0 Å². The molecule has 0 aromatic heterocycles. The van der Waals surface area contributed by atoms with Gasteiger partial charge in [-0.3, -0.25) is 9.59 Å². The first-order valence-electron chi connectivity index (χ1n) is 5.34. The number of piperazine rings is 1. The molecule has 0 spiro atoms. The maximum Gasteiger partial charge on any atom is 0.308 e. The van der Waals surface area contributed by atoms with Gasteiger partial charge in [-0.05, 0) is 13.3 Å². The highest BCUT2D eigenvalue weighted by molar-refractivity contribution is 5.87. The second kappa shape index (κ2) is 5.70. The van der Waals surface area contributed by atoms with E-state index in [1.54, 1.807) is 0 Å². The molecule has 1 aliphatic heterocycles. The van der Waals surface area contributed by atoms with Crippen LogP contribution < -0.4 is 10.6 Å². The van der Waals surface area contributed by atoms with Crippen molar-refractivity contribution in [3.8, 4) is 0 Å². The summed E-state index contributed by atoms with van der Waals surface area (Å²) in [6, 6.07) is -0.435. The quantitative estimate of drug-likeness (QED) is 0.636. The van der Waals surface area contributed by atoms with E-state index in [2.05, 4.69) is 10.6 Å². The van der Waals surface area contributed by atoms with E-state index in [4.69, 9.17) is 4.74 Å². The van der Waals surface area contributed by atoms with E-state index in [0.717, 1.165) is 6.42 Å². The molecule has 86 valence electrons. The lowest BCUT2D eigenvalue weighted by molar-refractivity contribution is -0.150. The molecule has 0 saturated carbocycles. The van der Waals surface area contributed by atoms with Crippen LogP contribution in [0.1, 0.15) is 26.7 Å². The van der Waals surface area contributed by atoms with E-state index >= 15 is 0 Å². The fraction of sp³-hybridized carbons (Fsp3) is 0.800. The van der Waals surface area contributed by atoms with Gasteiger partial charge in [0.15, 0.2) is 0 Å². The average molecular weight is 214 g/mol. The molecule has 2 N–H and O–H groups in total. The zero-order valence-electron chi connectivity index (χ0n) is 9.21. The maximum atomic E-state index is 11.4. The molecule has 2 atom stereocenters. The predicted molar refractivity (Wildman–Crippen MR) is 55.3 cm³/mol. The molecule has 5 heteroatoms. The first-order chi connectivity index (χ1) is 7.13. The lowest BCUT2D eigenvalue weighted by Gasteiger charge is -2.23. The Hall–Kier alpha value is -1.10. The fourth-order valence-electron chi connectivity index (χ4n) is 1.34. The minimum atomic E-state index is -0.435. The highest BCUT2D eigenvalue weighted by Crippen LogP contribution is 2.03. The zero-order valence-corrected chi connectivity index (χ0v) is 9.21. The summed E-state index contributed by atoms with van der Waals surface area (Å²) < 4.78 is 5.09. The van der Waals surface area contributed by atoms with Gasteiger partial charge in [-0.25, -0.2) is 0 Å². The third-order valence-electron chi connectivity index (χ3n) is 2.41. The van der Waals surface area contributed by atoms with Crippen LogP contribution in [-0.4, -0.2) is 37.1 Å². The summed E-state index contributed by atoms with van der Waals surface area (Å²) in [5.41, 5.74) is 0. The van der Waals surface area contributed by atoms with Crippen molar-refractivity contribution in [1.29, 1.82) is 0 Å². The van der Waals surface area contributed by atoms with Crippen molar-refractivity contribution >= 4 is 11.9 Å². The van der Waals surface area contributed by atoms with E-state index in [-0.39, 0.29) is 24.4 Å². The molecule has 1 saturated heterocycles. The maximum absolute atomic E-state index is 11.4. The second-order valence-corrected chi connectivity index (χ2v) is 3.71. The number of nitrogens with one attached hydrogen (secondary N) is 2. The van der Waals surface area contributed by atoms with Crippen molar-refractivity contribution in [1.82, 2.24) is 10.6 Å². The Kier molecular flexibility index (Phi) is 4.55. The molecule has 0 bridgehead atoms. The third-order valence-corrected chi connectivity index (χ3v) is 2.41. The van der Waals surface area contributed by atoms with Gasteiger partial charge >= 0.3 is 5.97 Å². The topological polar surface area (TPSA) is 67.4 Å². The number of rotatable bonds is 4. The van der Waals surface area contributed by atoms with Gasteiger partial charge in [-0.1, -0.05) is 6.92 Å². The van der Waals surface area contributed by atoms with Crippen LogP contribution in [0.15, 0.2) is 0 Å². The number of ether oxygens (including phenoxy) is 1. The van der Waals surface area contributed by atoms with Crippen molar-refractivity contribution in [2.24, 2.45) is 0 Å². The summed E-state index contributed by atoms with van der Waals surface area (Å²) >= 11 is 0. The molecule has 0 radical (unpaired) electrons. The molecule has 1 amide bonds. The van der Waals surface area contributed by atoms with Crippen molar-refractivity contribution in [3.05, 3.63) is 0 Å². The molecule has 0 aliphatic carbocycles. The van der Waals surface area contributed by atoms with Gasteiger partial charge in [-0.15, -0.1) is 0 Å². The van der Waals surface area contributed by atoms with Crippen LogP contribution in [0.25, 0.3) is 0 Å². The summed E-state index contributed by atoms with van der Waals surface area (Å²) in [6.07, 6.45) is 0.816. The van der Waals surface area contributed by atoms with Gasteiger partial charge < -0.3 is 15.4 Å². The van der Waals surface area contributed by atoms with E-state index in [0.29, 0.717) is 13.1 Å². The molecule has 1 rings (SSSR count). The largest absolute Gasteiger partial charge is 0.463 e. The molecule has 1 heterocycles. The number of esters is 1. The first kappa shape index (κ1) is 12.0. The Labute approximate surface area is 89.6 Å². The first-order valence-corrected chi connectivity index (χ1v) is 5.34. The van der Waals surface area contributed by atoms with Crippen molar-refractivity contribution in [3.63, 3.8) is 0 Å².